The molecule has 0 saturated heterocycles. The molecule has 0 bridgehead atoms. The topological polar surface area (TPSA) is 52.6 Å². The zero-order valence-electron chi connectivity index (χ0n) is 17.4. The molecule has 0 aromatic heterocycles. The lowest BCUT2D eigenvalue weighted by molar-refractivity contribution is 0.284. The van der Waals surface area contributed by atoms with Crippen molar-refractivity contribution in [1.82, 2.24) is 4.90 Å². The second-order valence-electron chi connectivity index (χ2n) is 7.48. The lowest BCUT2D eigenvalue weighted by Gasteiger charge is -2.28. The van der Waals surface area contributed by atoms with Crippen LogP contribution in [0.5, 0.6) is 0 Å². The molecular formula is C21H37N3O2S. The van der Waals surface area contributed by atoms with Crippen molar-refractivity contribution >= 4 is 21.4 Å². The van der Waals surface area contributed by atoms with E-state index < -0.39 is 10.0 Å². The molecule has 0 aliphatic rings. The zero-order valence-corrected chi connectivity index (χ0v) is 18.3. The fraction of sp³-hybridized carbons (Fsp3) is 0.619. The molecule has 0 heterocycles. The van der Waals surface area contributed by atoms with E-state index in [0.717, 1.165) is 50.6 Å². The number of rotatable bonds is 14. The minimum atomic E-state index is -3.25. The Morgan fingerprint density at radius 1 is 1.11 bits per heavy atom. The van der Waals surface area contributed by atoms with Crippen molar-refractivity contribution in [2.45, 2.75) is 40.0 Å². The van der Waals surface area contributed by atoms with Crippen LogP contribution in [0.4, 0.5) is 11.4 Å². The summed E-state index contributed by atoms with van der Waals surface area (Å²) < 4.78 is 25.2. The van der Waals surface area contributed by atoms with Crippen LogP contribution in [0.3, 0.4) is 0 Å². The van der Waals surface area contributed by atoms with Gasteiger partial charge in [-0.1, -0.05) is 39.7 Å². The molecule has 0 fully saturated rings. The SMILES string of the molecule is C=CCN(CCN(CC)CCCCC(C)C)c1ccc(NS(C)(=O)=O)cc1. The van der Waals surface area contributed by atoms with Gasteiger partial charge in [0.2, 0.25) is 10.0 Å². The number of nitrogens with one attached hydrogen (secondary N) is 1. The van der Waals surface area contributed by atoms with E-state index in [4.69, 9.17) is 0 Å². The standard InChI is InChI=1S/C21H37N3O2S/c1-6-15-24(18-17-23(7-2)16-9-8-10-19(3)4)21-13-11-20(12-14-21)22-27(5,25)26/h6,11-14,19,22H,1,7-10,15-18H2,2-5H3. The Hall–Kier alpha value is -1.53. The summed E-state index contributed by atoms with van der Waals surface area (Å²) in [6.45, 7) is 15.5. The maximum atomic E-state index is 11.3. The molecule has 0 unspecified atom stereocenters. The summed E-state index contributed by atoms with van der Waals surface area (Å²) in [5, 5.41) is 0. The molecule has 27 heavy (non-hydrogen) atoms. The van der Waals surface area contributed by atoms with Crippen molar-refractivity contribution in [2.75, 3.05) is 48.6 Å². The molecule has 1 N–H and O–H groups in total. The maximum absolute atomic E-state index is 11.3. The molecule has 6 heteroatoms. The fourth-order valence-corrected chi connectivity index (χ4v) is 3.58. The molecule has 0 aliphatic heterocycles. The Morgan fingerprint density at radius 3 is 2.30 bits per heavy atom. The van der Waals surface area contributed by atoms with Gasteiger partial charge in [0.05, 0.1) is 6.26 Å². The van der Waals surface area contributed by atoms with Gasteiger partial charge in [-0.3, -0.25) is 4.72 Å². The minimum absolute atomic E-state index is 0.583. The van der Waals surface area contributed by atoms with Gasteiger partial charge in [-0.05, 0) is 49.7 Å². The Morgan fingerprint density at radius 2 is 1.78 bits per heavy atom. The van der Waals surface area contributed by atoms with E-state index in [1.165, 1.54) is 19.3 Å². The van der Waals surface area contributed by atoms with Gasteiger partial charge in [0, 0.05) is 31.0 Å². The zero-order chi connectivity index (χ0) is 20.3. The molecule has 154 valence electrons. The average molecular weight is 396 g/mol. The summed E-state index contributed by atoms with van der Waals surface area (Å²) in [4.78, 5) is 4.77. The highest BCUT2D eigenvalue weighted by Crippen LogP contribution is 2.19. The molecule has 0 aliphatic carbocycles. The lowest BCUT2D eigenvalue weighted by Crippen LogP contribution is -2.36. The van der Waals surface area contributed by atoms with Gasteiger partial charge in [-0.2, -0.15) is 0 Å². The van der Waals surface area contributed by atoms with Crippen LogP contribution >= 0.6 is 0 Å². The van der Waals surface area contributed by atoms with Gasteiger partial charge in [0.1, 0.15) is 0 Å². The van der Waals surface area contributed by atoms with Crippen molar-refractivity contribution in [2.24, 2.45) is 5.92 Å². The smallest absolute Gasteiger partial charge is 0.229 e. The maximum Gasteiger partial charge on any atom is 0.229 e. The van der Waals surface area contributed by atoms with Crippen molar-refractivity contribution < 1.29 is 8.42 Å². The van der Waals surface area contributed by atoms with Crippen LogP contribution in [0, 0.1) is 5.92 Å². The third-order valence-electron chi connectivity index (χ3n) is 4.52. The molecule has 0 spiro atoms. The van der Waals surface area contributed by atoms with Gasteiger partial charge in [-0.25, -0.2) is 8.42 Å². The molecule has 0 radical (unpaired) electrons. The molecule has 0 amide bonds. The number of benzene rings is 1. The summed E-state index contributed by atoms with van der Waals surface area (Å²) >= 11 is 0. The largest absolute Gasteiger partial charge is 0.367 e. The minimum Gasteiger partial charge on any atom is -0.367 e. The van der Waals surface area contributed by atoms with Gasteiger partial charge < -0.3 is 9.80 Å². The summed E-state index contributed by atoms with van der Waals surface area (Å²) in [6.07, 6.45) is 6.90. The van der Waals surface area contributed by atoms with E-state index in [1.807, 2.05) is 18.2 Å². The average Bonchev–Trinajstić information content (AvgIpc) is 2.59. The van der Waals surface area contributed by atoms with Crippen LogP contribution in [-0.2, 0) is 10.0 Å². The Balaban J connectivity index is 2.60. The van der Waals surface area contributed by atoms with Crippen molar-refractivity contribution in [3.63, 3.8) is 0 Å². The molecule has 1 rings (SSSR count). The first-order valence-corrected chi connectivity index (χ1v) is 11.8. The second kappa shape index (κ2) is 12.0. The van der Waals surface area contributed by atoms with Gasteiger partial charge in [0.15, 0.2) is 0 Å². The van der Waals surface area contributed by atoms with E-state index in [-0.39, 0.29) is 0 Å². The molecule has 1 aromatic carbocycles. The van der Waals surface area contributed by atoms with Crippen LogP contribution in [-0.4, -0.2) is 52.3 Å². The number of sulfonamides is 1. The van der Waals surface area contributed by atoms with Crippen molar-refractivity contribution in [1.29, 1.82) is 0 Å². The third-order valence-corrected chi connectivity index (χ3v) is 5.13. The number of nitrogens with zero attached hydrogens (tertiary/aromatic N) is 2. The Labute approximate surface area is 166 Å². The van der Waals surface area contributed by atoms with E-state index >= 15 is 0 Å². The number of anilines is 2. The third kappa shape index (κ3) is 10.4. The van der Waals surface area contributed by atoms with Gasteiger partial charge in [0.25, 0.3) is 0 Å². The molecule has 5 nitrogen and oxygen atoms in total. The highest BCUT2D eigenvalue weighted by molar-refractivity contribution is 7.92. The normalized spacial score (nSPS) is 11.8. The van der Waals surface area contributed by atoms with Crippen molar-refractivity contribution in [3.8, 4) is 0 Å². The number of hydrogen-bond donors (Lipinski definition) is 1. The van der Waals surface area contributed by atoms with Crippen LogP contribution in [0.15, 0.2) is 36.9 Å². The first-order chi connectivity index (χ1) is 12.7. The quantitative estimate of drug-likeness (QED) is 0.379. The fourth-order valence-electron chi connectivity index (χ4n) is 3.01. The predicted molar refractivity (Wildman–Crippen MR) is 118 cm³/mol. The van der Waals surface area contributed by atoms with Crippen LogP contribution in [0.25, 0.3) is 0 Å². The number of hydrogen-bond acceptors (Lipinski definition) is 4. The molecule has 0 atom stereocenters. The van der Waals surface area contributed by atoms with Gasteiger partial charge >= 0.3 is 0 Å². The first-order valence-electron chi connectivity index (χ1n) is 9.91. The van der Waals surface area contributed by atoms with E-state index in [1.54, 1.807) is 12.1 Å². The second-order valence-corrected chi connectivity index (χ2v) is 9.23. The lowest BCUT2D eigenvalue weighted by atomic mass is 10.1. The summed E-state index contributed by atoms with van der Waals surface area (Å²) in [7, 11) is -3.25. The predicted octanol–water partition coefficient (Wildman–Crippen LogP) is 4.20. The monoisotopic (exact) mass is 395 g/mol. The van der Waals surface area contributed by atoms with Crippen molar-refractivity contribution in [3.05, 3.63) is 36.9 Å². The highest BCUT2D eigenvalue weighted by atomic mass is 32.2. The Bertz CT molecular complexity index is 642. The van der Waals surface area contributed by atoms with Gasteiger partial charge in [-0.15, -0.1) is 6.58 Å². The summed E-state index contributed by atoms with van der Waals surface area (Å²) in [5.74, 6) is 0.781. The highest BCUT2D eigenvalue weighted by Gasteiger charge is 2.09. The van der Waals surface area contributed by atoms with Crippen LogP contribution in [0.2, 0.25) is 0 Å². The molecule has 0 saturated carbocycles. The molecular weight excluding hydrogens is 358 g/mol. The van der Waals surface area contributed by atoms with Crippen LogP contribution in [0.1, 0.15) is 40.0 Å². The van der Waals surface area contributed by atoms with E-state index in [2.05, 4.69) is 41.9 Å². The number of unbranched alkanes of at least 4 members (excludes halogenated alkanes) is 1. The summed E-state index contributed by atoms with van der Waals surface area (Å²) in [6, 6.07) is 7.51. The first kappa shape index (κ1) is 23.5. The summed E-state index contributed by atoms with van der Waals surface area (Å²) in [5.41, 5.74) is 1.66. The Kier molecular flexibility index (Phi) is 10.5. The van der Waals surface area contributed by atoms with Crippen LogP contribution < -0.4 is 9.62 Å². The number of likely N-dealkylation sites (N-methyl/N-ethyl adjacent to an activating group) is 1. The van der Waals surface area contributed by atoms with E-state index in [0.29, 0.717) is 5.69 Å². The molecule has 1 aromatic rings. The van der Waals surface area contributed by atoms with E-state index in [9.17, 15) is 8.42 Å².